The van der Waals surface area contributed by atoms with Crippen molar-refractivity contribution in [3.05, 3.63) is 0 Å². The Balaban J connectivity index is 2.49. The van der Waals surface area contributed by atoms with Crippen LogP contribution in [0.3, 0.4) is 0 Å². The number of rotatable bonds is 6. The Hall–Kier alpha value is -0.740. The van der Waals surface area contributed by atoms with Crippen molar-refractivity contribution in [1.82, 2.24) is 9.03 Å². The predicted molar refractivity (Wildman–Crippen MR) is 66.8 cm³/mol. The summed E-state index contributed by atoms with van der Waals surface area (Å²) in [5.74, 6) is -1.37. The van der Waals surface area contributed by atoms with Crippen LogP contribution in [0.5, 0.6) is 0 Å². The lowest BCUT2D eigenvalue weighted by Gasteiger charge is -2.34. The van der Waals surface area contributed by atoms with Gasteiger partial charge in [-0.15, -0.1) is 0 Å². The van der Waals surface area contributed by atoms with E-state index in [1.807, 2.05) is 0 Å². The van der Waals surface area contributed by atoms with Gasteiger partial charge in [-0.3, -0.25) is 0 Å². The lowest BCUT2D eigenvalue weighted by molar-refractivity contribution is -0.146. The van der Waals surface area contributed by atoms with E-state index in [2.05, 4.69) is 4.72 Å². The third-order valence-electron chi connectivity index (χ3n) is 2.71. The molecule has 0 bridgehead atoms. The number of ether oxygens (including phenoxy) is 1. The van der Waals surface area contributed by atoms with E-state index in [0.717, 1.165) is 0 Å². The van der Waals surface area contributed by atoms with Crippen molar-refractivity contribution in [2.24, 2.45) is 0 Å². The molecule has 19 heavy (non-hydrogen) atoms. The number of hydrogen-bond donors (Lipinski definition) is 3. The summed E-state index contributed by atoms with van der Waals surface area (Å²) in [5.41, 5.74) is 0. The van der Waals surface area contributed by atoms with E-state index >= 15 is 0 Å². The van der Waals surface area contributed by atoms with Gasteiger partial charge in [0.2, 0.25) is 0 Å². The van der Waals surface area contributed by atoms with Gasteiger partial charge in [0.15, 0.2) is 6.10 Å². The number of hydrogen-bond acceptors (Lipinski definition) is 5. The van der Waals surface area contributed by atoms with E-state index in [1.54, 1.807) is 13.8 Å². The zero-order chi connectivity index (χ0) is 14.6. The van der Waals surface area contributed by atoms with Gasteiger partial charge in [-0.1, -0.05) is 0 Å². The molecular formula is C10H20N2O6S. The summed E-state index contributed by atoms with van der Waals surface area (Å²) in [6.45, 7) is 3.94. The first-order chi connectivity index (χ1) is 8.72. The first-order valence-electron chi connectivity index (χ1n) is 6.03. The van der Waals surface area contributed by atoms with Crippen LogP contribution in [-0.4, -0.2) is 66.9 Å². The van der Waals surface area contributed by atoms with Gasteiger partial charge in [0.25, 0.3) is 10.2 Å². The van der Waals surface area contributed by atoms with Crippen LogP contribution in [0, 0.1) is 0 Å². The maximum atomic E-state index is 12.0. The van der Waals surface area contributed by atoms with E-state index in [0.29, 0.717) is 0 Å². The standard InChI is InChI=1S/C10H20N2O6S/c1-7-5-12(6-8(2)18-7)19(16,17)11-4-3-9(13)10(14)15/h7-9,11,13H,3-6H2,1-2H3,(H,14,15)/t7?,8?,9-/m0/s1. The van der Waals surface area contributed by atoms with Gasteiger partial charge >= 0.3 is 5.97 Å². The maximum absolute atomic E-state index is 12.0. The van der Waals surface area contributed by atoms with E-state index < -0.39 is 22.3 Å². The summed E-state index contributed by atoms with van der Waals surface area (Å²) in [7, 11) is -3.67. The van der Waals surface area contributed by atoms with Gasteiger partial charge < -0.3 is 14.9 Å². The maximum Gasteiger partial charge on any atom is 0.332 e. The second kappa shape index (κ2) is 6.62. The van der Waals surface area contributed by atoms with Crippen LogP contribution in [0.4, 0.5) is 0 Å². The SMILES string of the molecule is CC1CN(S(=O)(=O)NCC[C@H](O)C(=O)O)CC(C)O1. The fourth-order valence-electron chi connectivity index (χ4n) is 1.87. The Morgan fingerprint density at radius 2 is 1.95 bits per heavy atom. The van der Waals surface area contributed by atoms with Gasteiger partial charge in [0.1, 0.15) is 0 Å². The Kier molecular flexibility index (Phi) is 5.68. The fraction of sp³-hybridized carbons (Fsp3) is 0.900. The molecule has 3 N–H and O–H groups in total. The Bertz CT molecular complexity index is 402. The molecule has 112 valence electrons. The summed E-state index contributed by atoms with van der Waals surface area (Å²) in [6, 6.07) is 0. The minimum Gasteiger partial charge on any atom is -0.479 e. The van der Waals surface area contributed by atoms with E-state index in [1.165, 1.54) is 4.31 Å². The second-order valence-corrected chi connectivity index (χ2v) is 6.37. The molecule has 1 aliphatic rings. The third kappa shape index (κ3) is 5.03. The van der Waals surface area contributed by atoms with Crippen LogP contribution in [0.15, 0.2) is 0 Å². The molecule has 2 unspecified atom stereocenters. The number of aliphatic hydroxyl groups excluding tert-OH is 1. The van der Waals surface area contributed by atoms with Crippen molar-refractivity contribution in [3.8, 4) is 0 Å². The molecule has 0 amide bonds. The summed E-state index contributed by atoms with van der Waals surface area (Å²) < 4.78 is 32.9. The number of nitrogens with zero attached hydrogens (tertiary/aromatic N) is 1. The summed E-state index contributed by atoms with van der Waals surface area (Å²) in [6.07, 6.45) is -2.12. The Labute approximate surface area is 112 Å². The molecule has 0 spiro atoms. The predicted octanol–water partition coefficient (Wildman–Crippen LogP) is -1.23. The van der Waals surface area contributed by atoms with E-state index in [-0.39, 0.29) is 38.3 Å². The fourth-order valence-corrected chi connectivity index (χ4v) is 3.24. The molecule has 1 fully saturated rings. The number of nitrogens with one attached hydrogen (secondary N) is 1. The first kappa shape index (κ1) is 16.3. The van der Waals surface area contributed by atoms with Gasteiger partial charge in [0.05, 0.1) is 12.2 Å². The minimum absolute atomic E-state index is 0.129. The molecule has 0 aromatic rings. The number of carboxylic acids is 1. The van der Waals surface area contributed by atoms with Crippen LogP contribution in [0.1, 0.15) is 20.3 Å². The van der Waals surface area contributed by atoms with Crippen LogP contribution in [0.25, 0.3) is 0 Å². The highest BCUT2D eigenvalue weighted by Crippen LogP contribution is 2.13. The molecule has 0 radical (unpaired) electrons. The Morgan fingerprint density at radius 3 is 2.42 bits per heavy atom. The highest BCUT2D eigenvalue weighted by molar-refractivity contribution is 7.87. The zero-order valence-corrected chi connectivity index (χ0v) is 11.8. The molecule has 8 nitrogen and oxygen atoms in total. The van der Waals surface area contributed by atoms with Crippen LogP contribution < -0.4 is 4.72 Å². The van der Waals surface area contributed by atoms with Crippen molar-refractivity contribution < 1.29 is 28.2 Å². The quantitative estimate of drug-likeness (QED) is 0.565. The number of morpholine rings is 1. The van der Waals surface area contributed by atoms with Crippen LogP contribution >= 0.6 is 0 Å². The number of carboxylic acid groups (broad SMARTS) is 1. The second-order valence-electron chi connectivity index (χ2n) is 4.62. The normalized spacial score (nSPS) is 27.1. The molecular weight excluding hydrogens is 276 g/mol. The molecule has 3 atom stereocenters. The molecule has 0 saturated carbocycles. The molecule has 1 aliphatic heterocycles. The van der Waals surface area contributed by atoms with Crippen molar-refractivity contribution in [3.63, 3.8) is 0 Å². The lowest BCUT2D eigenvalue weighted by atomic mass is 10.3. The zero-order valence-electron chi connectivity index (χ0n) is 10.9. The van der Waals surface area contributed by atoms with Crippen LogP contribution in [-0.2, 0) is 19.7 Å². The van der Waals surface area contributed by atoms with E-state index in [9.17, 15) is 13.2 Å². The molecule has 1 heterocycles. The topological polar surface area (TPSA) is 116 Å². The smallest absolute Gasteiger partial charge is 0.332 e. The molecule has 0 aromatic heterocycles. The average Bonchev–Trinajstić information content (AvgIpc) is 2.27. The Morgan fingerprint density at radius 1 is 1.42 bits per heavy atom. The highest BCUT2D eigenvalue weighted by atomic mass is 32.2. The molecule has 1 saturated heterocycles. The van der Waals surface area contributed by atoms with Crippen molar-refractivity contribution in [1.29, 1.82) is 0 Å². The summed E-state index contributed by atoms with van der Waals surface area (Å²) in [4.78, 5) is 10.4. The van der Waals surface area contributed by atoms with Gasteiger partial charge in [0, 0.05) is 19.6 Å². The largest absolute Gasteiger partial charge is 0.479 e. The van der Waals surface area contributed by atoms with Crippen molar-refractivity contribution in [2.75, 3.05) is 19.6 Å². The molecule has 0 aliphatic carbocycles. The minimum atomic E-state index is -3.67. The lowest BCUT2D eigenvalue weighted by Crippen LogP contribution is -2.52. The summed E-state index contributed by atoms with van der Waals surface area (Å²) >= 11 is 0. The number of aliphatic hydroxyl groups is 1. The van der Waals surface area contributed by atoms with E-state index in [4.69, 9.17) is 14.9 Å². The summed E-state index contributed by atoms with van der Waals surface area (Å²) in [5, 5.41) is 17.5. The van der Waals surface area contributed by atoms with Gasteiger partial charge in [-0.25, -0.2) is 9.52 Å². The van der Waals surface area contributed by atoms with Gasteiger partial charge in [-0.05, 0) is 20.3 Å². The molecule has 1 rings (SSSR count). The van der Waals surface area contributed by atoms with Crippen molar-refractivity contribution in [2.45, 2.75) is 38.6 Å². The van der Waals surface area contributed by atoms with Crippen molar-refractivity contribution >= 4 is 16.2 Å². The highest BCUT2D eigenvalue weighted by Gasteiger charge is 2.30. The van der Waals surface area contributed by atoms with Gasteiger partial charge in [-0.2, -0.15) is 12.7 Å². The number of aliphatic carboxylic acids is 1. The molecule has 0 aromatic carbocycles. The average molecular weight is 296 g/mol. The monoisotopic (exact) mass is 296 g/mol. The first-order valence-corrected chi connectivity index (χ1v) is 7.47. The number of carbonyl (C=O) groups is 1. The third-order valence-corrected chi connectivity index (χ3v) is 4.26. The molecule has 9 heteroatoms. The van der Waals surface area contributed by atoms with Crippen LogP contribution in [0.2, 0.25) is 0 Å².